The summed E-state index contributed by atoms with van der Waals surface area (Å²) in [4.78, 5) is 16.4. The van der Waals surface area contributed by atoms with Gasteiger partial charge in [-0.05, 0) is 17.7 Å². The summed E-state index contributed by atoms with van der Waals surface area (Å²) in [6, 6.07) is 4.69. The van der Waals surface area contributed by atoms with Gasteiger partial charge in [-0.3, -0.25) is 14.0 Å². The first-order chi connectivity index (χ1) is 10.4. The second kappa shape index (κ2) is 4.97. The molecule has 0 fully saturated rings. The minimum absolute atomic E-state index is 0.148. The normalized spacial score (nSPS) is 12.0. The number of aryl methyl sites for hydroxylation is 1. The number of fused-ring (bicyclic) bond motifs is 1. The lowest BCUT2D eigenvalue weighted by atomic mass is 10.1. The highest BCUT2D eigenvalue weighted by atomic mass is 19.4. The van der Waals surface area contributed by atoms with Crippen molar-refractivity contribution in [2.45, 2.75) is 12.7 Å². The average molecular weight is 308 g/mol. The quantitative estimate of drug-likeness (QED) is 0.729. The molecule has 0 aliphatic heterocycles. The van der Waals surface area contributed by atoms with Gasteiger partial charge in [0, 0.05) is 7.05 Å². The second-order valence-corrected chi connectivity index (χ2v) is 4.88. The van der Waals surface area contributed by atoms with E-state index in [4.69, 9.17) is 0 Å². The van der Waals surface area contributed by atoms with Crippen LogP contribution in [0.5, 0.6) is 0 Å². The molecule has 0 N–H and O–H groups in total. The molecule has 0 radical (unpaired) electrons. The molecule has 8 heteroatoms. The SMILES string of the molecule is Cn1ncc2c(=O)n(Cc3ccc(C(F)(F)F)cc3)cnc21. The van der Waals surface area contributed by atoms with Gasteiger partial charge >= 0.3 is 6.18 Å². The van der Waals surface area contributed by atoms with Gasteiger partial charge in [-0.1, -0.05) is 12.1 Å². The molecule has 3 aromatic rings. The van der Waals surface area contributed by atoms with Crippen LogP contribution in [0.25, 0.3) is 11.0 Å². The third-order valence-electron chi connectivity index (χ3n) is 3.35. The lowest BCUT2D eigenvalue weighted by molar-refractivity contribution is -0.137. The van der Waals surface area contributed by atoms with E-state index < -0.39 is 11.7 Å². The van der Waals surface area contributed by atoms with Crippen LogP contribution in [0.3, 0.4) is 0 Å². The Bertz CT molecular complexity index is 878. The summed E-state index contributed by atoms with van der Waals surface area (Å²) in [6.07, 6.45) is -1.58. The summed E-state index contributed by atoms with van der Waals surface area (Å²) >= 11 is 0. The summed E-state index contributed by atoms with van der Waals surface area (Å²) in [5.41, 5.74) is 0.0521. The molecule has 0 amide bonds. The van der Waals surface area contributed by atoms with E-state index in [9.17, 15) is 18.0 Å². The Kier molecular flexibility index (Phi) is 3.23. The van der Waals surface area contributed by atoms with Crippen molar-refractivity contribution < 1.29 is 13.2 Å². The number of aromatic nitrogens is 4. The average Bonchev–Trinajstić information content (AvgIpc) is 2.84. The van der Waals surface area contributed by atoms with Crippen molar-refractivity contribution in [2.75, 3.05) is 0 Å². The lowest BCUT2D eigenvalue weighted by Gasteiger charge is -2.09. The smallest absolute Gasteiger partial charge is 0.294 e. The molecule has 22 heavy (non-hydrogen) atoms. The van der Waals surface area contributed by atoms with E-state index in [0.29, 0.717) is 16.6 Å². The molecule has 1 aromatic carbocycles. The number of nitrogens with zero attached hydrogens (tertiary/aromatic N) is 4. The maximum atomic E-state index is 12.5. The molecule has 0 spiro atoms. The number of alkyl halides is 3. The molecular weight excluding hydrogens is 297 g/mol. The van der Waals surface area contributed by atoms with Crippen LogP contribution < -0.4 is 5.56 Å². The first-order valence-electron chi connectivity index (χ1n) is 6.39. The molecule has 0 saturated carbocycles. The molecule has 0 aliphatic carbocycles. The first kappa shape index (κ1) is 14.3. The van der Waals surface area contributed by atoms with Crippen LogP contribution in [0.4, 0.5) is 13.2 Å². The standard InChI is InChI=1S/C14H11F3N4O/c1-20-12-11(6-19-20)13(22)21(8-18-12)7-9-2-4-10(5-3-9)14(15,16)17/h2-6,8H,7H2,1H3. The molecule has 114 valence electrons. The van der Waals surface area contributed by atoms with E-state index in [1.54, 1.807) is 7.05 Å². The zero-order valence-corrected chi connectivity index (χ0v) is 11.5. The van der Waals surface area contributed by atoms with Crippen molar-refractivity contribution in [3.05, 3.63) is 58.3 Å². The lowest BCUT2D eigenvalue weighted by Crippen LogP contribution is -2.21. The highest BCUT2D eigenvalue weighted by Gasteiger charge is 2.29. The second-order valence-electron chi connectivity index (χ2n) is 4.88. The van der Waals surface area contributed by atoms with Crippen molar-refractivity contribution in [1.29, 1.82) is 0 Å². The van der Waals surface area contributed by atoms with E-state index in [1.165, 1.54) is 33.9 Å². The largest absolute Gasteiger partial charge is 0.416 e. The fraction of sp³-hybridized carbons (Fsp3) is 0.214. The predicted octanol–water partition coefficient (Wildman–Crippen LogP) is 2.20. The van der Waals surface area contributed by atoms with Crippen LogP contribution in [0.1, 0.15) is 11.1 Å². The molecule has 0 bridgehead atoms. The Morgan fingerprint density at radius 1 is 1.18 bits per heavy atom. The summed E-state index contributed by atoms with van der Waals surface area (Å²) in [7, 11) is 1.68. The van der Waals surface area contributed by atoms with Crippen molar-refractivity contribution in [3.63, 3.8) is 0 Å². The van der Waals surface area contributed by atoms with E-state index in [1.807, 2.05) is 0 Å². The third kappa shape index (κ3) is 2.47. The van der Waals surface area contributed by atoms with Crippen LogP contribution in [-0.4, -0.2) is 19.3 Å². The van der Waals surface area contributed by atoms with Gasteiger partial charge in [0.25, 0.3) is 5.56 Å². The Labute approximate surface area is 122 Å². The summed E-state index contributed by atoms with van der Waals surface area (Å²) in [5, 5.41) is 4.33. The maximum absolute atomic E-state index is 12.5. The van der Waals surface area contributed by atoms with Crippen molar-refractivity contribution in [3.8, 4) is 0 Å². The first-order valence-corrected chi connectivity index (χ1v) is 6.39. The number of rotatable bonds is 2. The number of halogens is 3. The van der Waals surface area contributed by atoms with Gasteiger partial charge in [0.05, 0.1) is 18.3 Å². The van der Waals surface area contributed by atoms with Gasteiger partial charge in [0.2, 0.25) is 0 Å². The van der Waals surface area contributed by atoms with Crippen LogP contribution in [-0.2, 0) is 19.8 Å². The molecule has 0 atom stereocenters. The van der Waals surface area contributed by atoms with Gasteiger partial charge < -0.3 is 0 Å². The molecule has 0 unspecified atom stereocenters. The molecule has 5 nitrogen and oxygen atoms in total. The van der Waals surface area contributed by atoms with Gasteiger partial charge in [0.15, 0.2) is 5.65 Å². The van der Waals surface area contributed by atoms with Gasteiger partial charge in [-0.15, -0.1) is 0 Å². The van der Waals surface area contributed by atoms with Crippen molar-refractivity contribution in [1.82, 2.24) is 19.3 Å². The predicted molar refractivity (Wildman–Crippen MR) is 73.3 cm³/mol. The zero-order valence-electron chi connectivity index (χ0n) is 11.5. The molecule has 0 saturated heterocycles. The molecule has 3 rings (SSSR count). The number of benzene rings is 1. The van der Waals surface area contributed by atoms with Gasteiger partial charge in [0.1, 0.15) is 11.7 Å². The minimum Gasteiger partial charge on any atom is -0.294 e. The summed E-state index contributed by atoms with van der Waals surface area (Å²) in [6.45, 7) is 0.148. The topological polar surface area (TPSA) is 52.7 Å². The maximum Gasteiger partial charge on any atom is 0.416 e. The van der Waals surface area contributed by atoms with Crippen molar-refractivity contribution >= 4 is 11.0 Å². The van der Waals surface area contributed by atoms with Crippen LogP contribution in [0.15, 0.2) is 41.6 Å². The Hall–Kier alpha value is -2.64. The fourth-order valence-electron chi connectivity index (χ4n) is 2.18. The van der Waals surface area contributed by atoms with E-state index in [-0.39, 0.29) is 12.1 Å². The summed E-state index contributed by atoms with van der Waals surface area (Å²) in [5.74, 6) is 0. The molecular formula is C14H11F3N4O. The Morgan fingerprint density at radius 2 is 1.86 bits per heavy atom. The van der Waals surface area contributed by atoms with Crippen LogP contribution in [0.2, 0.25) is 0 Å². The highest BCUT2D eigenvalue weighted by molar-refractivity contribution is 5.72. The van der Waals surface area contributed by atoms with Gasteiger partial charge in [-0.25, -0.2) is 4.98 Å². The van der Waals surface area contributed by atoms with Gasteiger partial charge in [-0.2, -0.15) is 18.3 Å². The monoisotopic (exact) mass is 308 g/mol. The zero-order chi connectivity index (χ0) is 15.9. The fourth-order valence-corrected chi connectivity index (χ4v) is 2.18. The van der Waals surface area contributed by atoms with E-state index >= 15 is 0 Å². The number of hydrogen-bond acceptors (Lipinski definition) is 3. The van der Waals surface area contributed by atoms with E-state index in [2.05, 4.69) is 10.1 Å². The van der Waals surface area contributed by atoms with Crippen LogP contribution >= 0.6 is 0 Å². The Morgan fingerprint density at radius 3 is 2.50 bits per heavy atom. The summed E-state index contributed by atoms with van der Waals surface area (Å²) < 4.78 is 40.4. The molecule has 0 aliphatic rings. The van der Waals surface area contributed by atoms with E-state index in [0.717, 1.165) is 12.1 Å². The third-order valence-corrected chi connectivity index (χ3v) is 3.35. The molecule has 2 aromatic heterocycles. The number of hydrogen-bond donors (Lipinski definition) is 0. The minimum atomic E-state index is -4.37. The Balaban J connectivity index is 1.93. The van der Waals surface area contributed by atoms with Crippen molar-refractivity contribution in [2.24, 2.45) is 7.05 Å². The molecule has 2 heterocycles. The highest BCUT2D eigenvalue weighted by Crippen LogP contribution is 2.29. The van der Waals surface area contributed by atoms with Crippen LogP contribution in [0, 0.1) is 0 Å².